The maximum atomic E-state index is 12.9. The van der Waals surface area contributed by atoms with Crippen molar-refractivity contribution < 1.29 is 23.8 Å². The number of benzene rings is 2. The summed E-state index contributed by atoms with van der Waals surface area (Å²) in [4.78, 5) is 40.9. The van der Waals surface area contributed by atoms with Crippen LogP contribution in [0, 0.1) is 0 Å². The molecule has 4 aromatic rings. The van der Waals surface area contributed by atoms with Crippen molar-refractivity contribution in [3.63, 3.8) is 0 Å². The standard InChI is InChI=1S/C34H33N5O5/c1-42-32-19-28-30(20-33(32)43-16-6-15-39-13-4-5-14-39)36-22-37-34(28)38-29-10-9-25(44-21-23-7-2-3-12-35-23)18-26(29)27-17-24(40)8-11-31(27)41/h2-3,7-12,17-20,22H,4-6,13-16,21H2,1H3,(H,36,37,38). The number of methoxy groups -OCH3 is 1. The van der Waals surface area contributed by atoms with E-state index in [9.17, 15) is 9.59 Å². The van der Waals surface area contributed by atoms with Crippen molar-refractivity contribution in [1.82, 2.24) is 19.9 Å². The molecule has 1 N–H and O–H groups in total. The van der Waals surface area contributed by atoms with Crippen LogP contribution in [0.3, 0.4) is 0 Å². The van der Waals surface area contributed by atoms with Gasteiger partial charge in [0.05, 0.1) is 24.9 Å². The summed E-state index contributed by atoms with van der Waals surface area (Å²) >= 11 is 0. The molecule has 1 fully saturated rings. The fourth-order valence-electron chi connectivity index (χ4n) is 5.35. The molecule has 0 spiro atoms. The van der Waals surface area contributed by atoms with Crippen LogP contribution in [-0.2, 0) is 16.2 Å². The molecule has 0 bridgehead atoms. The predicted molar refractivity (Wildman–Crippen MR) is 167 cm³/mol. The number of ketones is 2. The van der Waals surface area contributed by atoms with Crippen LogP contribution >= 0.6 is 0 Å². The predicted octanol–water partition coefficient (Wildman–Crippen LogP) is 5.31. The van der Waals surface area contributed by atoms with Crippen LogP contribution in [0.2, 0.25) is 0 Å². The smallest absolute Gasteiger partial charge is 0.186 e. The Morgan fingerprint density at radius 1 is 0.932 bits per heavy atom. The summed E-state index contributed by atoms with van der Waals surface area (Å²) in [7, 11) is 1.60. The van der Waals surface area contributed by atoms with E-state index < -0.39 is 0 Å². The molecule has 0 unspecified atom stereocenters. The Hall–Kier alpha value is -5.09. The van der Waals surface area contributed by atoms with Crippen molar-refractivity contribution in [2.45, 2.75) is 25.9 Å². The van der Waals surface area contributed by atoms with Crippen molar-refractivity contribution in [3.05, 3.63) is 90.5 Å². The second-order valence-electron chi connectivity index (χ2n) is 10.6. The molecule has 2 aliphatic rings. The molecular formula is C34H33N5O5. The van der Waals surface area contributed by atoms with Gasteiger partial charge in [0, 0.05) is 41.0 Å². The van der Waals surface area contributed by atoms with Gasteiger partial charge in [0.1, 0.15) is 24.5 Å². The topological polar surface area (TPSA) is 116 Å². The second-order valence-corrected chi connectivity index (χ2v) is 10.6. The third-order valence-electron chi connectivity index (χ3n) is 7.59. The lowest BCUT2D eigenvalue weighted by Crippen LogP contribution is -2.21. The van der Waals surface area contributed by atoms with Crippen LogP contribution in [0.15, 0.2) is 79.3 Å². The molecule has 0 saturated carbocycles. The number of fused-ring (bicyclic) bond motifs is 1. The number of nitrogens with zero attached hydrogens (tertiary/aromatic N) is 4. The highest BCUT2D eigenvalue weighted by atomic mass is 16.5. The molecule has 0 atom stereocenters. The fourth-order valence-corrected chi connectivity index (χ4v) is 5.35. The third-order valence-corrected chi connectivity index (χ3v) is 7.59. The van der Waals surface area contributed by atoms with Gasteiger partial charge in [-0.25, -0.2) is 9.97 Å². The van der Waals surface area contributed by atoms with E-state index in [1.54, 1.807) is 31.5 Å². The molecule has 0 amide bonds. The molecule has 44 heavy (non-hydrogen) atoms. The Morgan fingerprint density at radius 2 is 1.82 bits per heavy atom. The minimum absolute atomic E-state index is 0.248. The number of nitrogens with one attached hydrogen (secondary N) is 1. The highest BCUT2D eigenvalue weighted by Crippen LogP contribution is 2.37. The minimum Gasteiger partial charge on any atom is -0.493 e. The highest BCUT2D eigenvalue weighted by Gasteiger charge is 2.21. The molecule has 1 aliphatic heterocycles. The summed E-state index contributed by atoms with van der Waals surface area (Å²) < 4.78 is 17.8. The number of anilines is 2. The van der Waals surface area contributed by atoms with Crippen LogP contribution in [-0.4, -0.2) is 64.8 Å². The van der Waals surface area contributed by atoms with E-state index >= 15 is 0 Å². The largest absolute Gasteiger partial charge is 0.493 e. The summed E-state index contributed by atoms with van der Waals surface area (Å²) in [6.07, 6.45) is 10.5. The lowest BCUT2D eigenvalue weighted by atomic mass is 9.94. The van der Waals surface area contributed by atoms with E-state index in [0.717, 1.165) is 31.7 Å². The average molecular weight is 592 g/mol. The molecule has 6 rings (SSSR count). The van der Waals surface area contributed by atoms with Gasteiger partial charge in [0.15, 0.2) is 23.1 Å². The minimum atomic E-state index is -0.282. The number of carbonyl (C=O) groups excluding carboxylic acids is 2. The van der Waals surface area contributed by atoms with Crippen LogP contribution in [0.25, 0.3) is 16.5 Å². The molecular weight excluding hydrogens is 558 g/mol. The van der Waals surface area contributed by atoms with Gasteiger partial charge < -0.3 is 24.4 Å². The van der Waals surface area contributed by atoms with Crippen LogP contribution in [0.5, 0.6) is 17.2 Å². The number of likely N-dealkylation sites (tertiary alicyclic amines) is 1. The number of hydrogen-bond acceptors (Lipinski definition) is 10. The molecule has 224 valence electrons. The average Bonchev–Trinajstić information content (AvgIpc) is 3.58. The van der Waals surface area contributed by atoms with Gasteiger partial charge in [-0.05, 0) is 87.0 Å². The molecule has 2 aromatic carbocycles. The monoisotopic (exact) mass is 591 g/mol. The quantitative estimate of drug-likeness (QED) is 0.172. The summed E-state index contributed by atoms with van der Waals surface area (Å²) in [5, 5.41) is 4.06. The van der Waals surface area contributed by atoms with E-state index in [1.807, 2.05) is 30.3 Å². The fraction of sp³-hybridized carbons (Fsp3) is 0.265. The van der Waals surface area contributed by atoms with Crippen LogP contribution in [0.1, 0.15) is 30.5 Å². The van der Waals surface area contributed by atoms with Crippen molar-refractivity contribution >= 4 is 39.5 Å². The number of rotatable bonds is 12. The molecule has 1 aliphatic carbocycles. The molecule has 0 radical (unpaired) electrons. The van der Waals surface area contributed by atoms with Gasteiger partial charge in [-0.3, -0.25) is 14.6 Å². The number of ether oxygens (including phenoxy) is 3. The van der Waals surface area contributed by atoms with E-state index in [4.69, 9.17) is 14.2 Å². The lowest BCUT2D eigenvalue weighted by Gasteiger charge is -2.18. The molecule has 3 heterocycles. The zero-order valence-electron chi connectivity index (χ0n) is 24.5. The Kier molecular flexibility index (Phi) is 8.88. The number of hydrogen-bond donors (Lipinski definition) is 1. The van der Waals surface area contributed by atoms with Crippen LogP contribution < -0.4 is 19.5 Å². The SMILES string of the molecule is COc1cc2c(Nc3ccc(OCc4ccccn4)cc3C3=CC(=O)C=CC3=O)ncnc2cc1OCCCN1CCCC1. The highest BCUT2D eigenvalue weighted by molar-refractivity contribution is 6.34. The van der Waals surface area contributed by atoms with E-state index in [0.29, 0.717) is 51.8 Å². The maximum absolute atomic E-state index is 12.9. The van der Waals surface area contributed by atoms with Crippen molar-refractivity contribution in [1.29, 1.82) is 0 Å². The van der Waals surface area contributed by atoms with Crippen LogP contribution in [0.4, 0.5) is 11.5 Å². The lowest BCUT2D eigenvalue weighted by molar-refractivity contribution is -0.113. The molecule has 10 heteroatoms. The van der Waals surface area contributed by atoms with Gasteiger partial charge in [-0.2, -0.15) is 0 Å². The van der Waals surface area contributed by atoms with Crippen molar-refractivity contribution in [2.75, 3.05) is 38.7 Å². The van der Waals surface area contributed by atoms with Gasteiger partial charge in [-0.15, -0.1) is 0 Å². The van der Waals surface area contributed by atoms with Gasteiger partial charge in [0.25, 0.3) is 0 Å². The Morgan fingerprint density at radius 3 is 2.64 bits per heavy atom. The van der Waals surface area contributed by atoms with Gasteiger partial charge in [-0.1, -0.05) is 6.07 Å². The Bertz CT molecular complexity index is 1730. The number of pyridine rings is 1. The van der Waals surface area contributed by atoms with E-state index in [2.05, 4.69) is 25.2 Å². The zero-order valence-corrected chi connectivity index (χ0v) is 24.5. The maximum Gasteiger partial charge on any atom is 0.186 e. The number of carbonyl (C=O) groups is 2. The third kappa shape index (κ3) is 6.76. The van der Waals surface area contributed by atoms with Crippen molar-refractivity contribution in [2.24, 2.45) is 0 Å². The first-order valence-corrected chi connectivity index (χ1v) is 14.7. The zero-order chi connectivity index (χ0) is 30.3. The van der Waals surface area contributed by atoms with Gasteiger partial charge in [0.2, 0.25) is 0 Å². The van der Waals surface area contributed by atoms with Gasteiger partial charge >= 0.3 is 0 Å². The number of aromatic nitrogens is 3. The Labute approximate surface area is 255 Å². The van der Waals surface area contributed by atoms with E-state index in [-0.39, 0.29) is 23.7 Å². The first-order valence-electron chi connectivity index (χ1n) is 14.7. The first kappa shape index (κ1) is 29.0. The molecule has 2 aromatic heterocycles. The Balaban J connectivity index is 1.27. The van der Waals surface area contributed by atoms with E-state index in [1.165, 1.54) is 37.4 Å². The normalized spacial score (nSPS) is 15.0. The summed E-state index contributed by atoms with van der Waals surface area (Å²) in [5.74, 6) is 1.65. The number of allylic oxidation sites excluding steroid dienone is 4. The molecule has 10 nitrogen and oxygen atoms in total. The first-order chi connectivity index (χ1) is 21.6. The van der Waals surface area contributed by atoms with Crippen molar-refractivity contribution in [3.8, 4) is 17.2 Å². The summed E-state index contributed by atoms with van der Waals surface area (Å²) in [6.45, 7) is 4.16. The second kappa shape index (κ2) is 13.5. The molecule has 1 saturated heterocycles. The summed E-state index contributed by atoms with van der Waals surface area (Å²) in [6, 6.07) is 14.6. The summed E-state index contributed by atoms with van der Waals surface area (Å²) in [5.41, 5.74) is 2.75.